The predicted molar refractivity (Wildman–Crippen MR) is 132 cm³/mol. The van der Waals surface area contributed by atoms with Gasteiger partial charge in [0.05, 0.1) is 18.3 Å². The molecule has 178 valence electrons. The fourth-order valence-corrected chi connectivity index (χ4v) is 4.71. The number of fused-ring (bicyclic) bond motifs is 1. The van der Waals surface area contributed by atoms with Gasteiger partial charge in [0.25, 0.3) is 5.91 Å². The van der Waals surface area contributed by atoms with Gasteiger partial charge in [-0.05, 0) is 73.0 Å². The summed E-state index contributed by atoms with van der Waals surface area (Å²) in [5, 5.41) is 13.8. The SMILES string of the molecule is O=C(NC1CCCC1)C(c1ccc2ncccc2c1)N(Cc1ccco1)C(=O)c1ccc(O)cc1. The van der Waals surface area contributed by atoms with Crippen LogP contribution < -0.4 is 5.32 Å². The normalized spacial score (nSPS) is 14.6. The summed E-state index contributed by atoms with van der Waals surface area (Å²) in [6, 6.07) is 18.2. The molecule has 2 heterocycles. The number of benzene rings is 2. The number of rotatable bonds is 7. The largest absolute Gasteiger partial charge is 0.508 e. The highest BCUT2D eigenvalue weighted by Gasteiger charge is 2.34. The molecule has 4 aromatic rings. The number of amides is 2. The fraction of sp³-hybridized carbons (Fsp3) is 0.250. The molecule has 1 aliphatic rings. The van der Waals surface area contributed by atoms with Gasteiger partial charge in [0.2, 0.25) is 5.91 Å². The van der Waals surface area contributed by atoms with Crippen molar-refractivity contribution in [2.75, 3.05) is 0 Å². The standard InChI is InChI=1S/C28H27N3O4/c32-23-12-9-19(10-13-23)28(34)31(18-24-8-4-16-35-24)26(27(33)30-22-6-1-2-7-22)21-11-14-25-20(17-21)5-3-15-29-25/h3-5,8-17,22,26,32H,1-2,6-7,18H2,(H,30,33). The lowest BCUT2D eigenvalue weighted by atomic mass is 9.99. The molecule has 35 heavy (non-hydrogen) atoms. The molecule has 5 rings (SSSR count). The van der Waals surface area contributed by atoms with Gasteiger partial charge in [-0.3, -0.25) is 14.6 Å². The number of furan rings is 1. The lowest BCUT2D eigenvalue weighted by Crippen LogP contribution is -2.45. The number of nitrogens with zero attached hydrogens (tertiary/aromatic N) is 2. The summed E-state index contributed by atoms with van der Waals surface area (Å²) in [5.41, 5.74) is 1.88. The molecular weight excluding hydrogens is 442 g/mol. The summed E-state index contributed by atoms with van der Waals surface area (Å²) < 4.78 is 5.56. The van der Waals surface area contributed by atoms with Crippen LogP contribution in [0.3, 0.4) is 0 Å². The Kier molecular flexibility index (Phi) is 6.48. The van der Waals surface area contributed by atoms with Crippen LogP contribution in [0.25, 0.3) is 10.9 Å². The third kappa shape index (κ3) is 5.04. The zero-order chi connectivity index (χ0) is 24.2. The third-order valence-electron chi connectivity index (χ3n) is 6.49. The van der Waals surface area contributed by atoms with Gasteiger partial charge in [-0.1, -0.05) is 25.0 Å². The number of phenols is 1. The molecule has 2 amide bonds. The van der Waals surface area contributed by atoms with Gasteiger partial charge < -0.3 is 19.7 Å². The van der Waals surface area contributed by atoms with Gasteiger partial charge in [0.15, 0.2) is 0 Å². The highest BCUT2D eigenvalue weighted by Crippen LogP contribution is 2.29. The minimum Gasteiger partial charge on any atom is -0.508 e. The molecule has 1 fully saturated rings. The predicted octanol–water partition coefficient (Wildman–Crippen LogP) is 4.98. The number of nitrogens with one attached hydrogen (secondary N) is 1. The van der Waals surface area contributed by atoms with Crippen molar-refractivity contribution >= 4 is 22.7 Å². The van der Waals surface area contributed by atoms with E-state index in [1.54, 1.807) is 36.7 Å². The molecule has 1 unspecified atom stereocenters. The minimum absolute atomic E-state index is 0.0664. The first-order valence-corrected chi connectivity index (χ1v) is 11.9. The van der Waals surface area contributed by atoms with Crippen LogP contribution >= 0.6 is 0 Å². The summed E-state index contributed by atoms with van der Waals surface area (Å²) in [6.07, 6.45) is 7.31. The van der Waals surface area contributed by atoms with Crippen molar-refractivity contribution in [3.8, 4) is 5.75 Å². The summed E-state index contributed by atoms with van der Waals surface area (Å²) in [7, 11) is 0. The lowest BCUT2D eigenvalue weighted by molar-refractivity contribution is -0.126. The maximum absolute atomic E-state index is 13.8. The molecule has 2 N–H and O–H groups in total. The van der Waals surface area contributed by atoms with Crippen LogP contribution in [0, 0.1) is 0 Å². The first-order valence-electron chi connectivity index (χ1n) is 11.9. The van der Waals surface area contributed by atoms with E-state index in [1.807, 2.05) is 30.3 Å². The average Bonchev–Trinajstić information content (AvgIpc) is 3.58. The van der Waals surface area contributed by atoms with Gasteiger partial charge in [-0.15, -0.1) is 0 Å². The van der Waals surface area contributed by atoms with E-state index in [0.29, 0.717) is 16.9 Å². The molecule has 7 nitrogen and oxygen atoms in total. The van der Waals surface area contributed by atoms with E-state index in [2.05, 4.69) is 10.3 Å². The number of carbonyl (C=O) groups excluding carboxylic acids is 2. The molecule has 2 aromatic carbocycles. The lowest BCUT2D eigenvalue weighted by Gasteiger charge is -2.32. The zero-order valence-electron chi connectivity index (χ0n) is 19.3. The Morgan fingerprint density at radius 1 is 1.06 bits per heavy atom. The van der Waals surface area contributed by atoms with Crippen molar-refractivity contribution in [1.82, 2.24) is 15.2 Å². The van der Waals surface area contributed by atoms with E-state index >= 15 is 0 Å². The van der Waals surface area contributed by atoms with E-state index in [4.69, 9.17) is 4.42 Å². The summed E-state index contributed by atoms with van der Waals surface area (Å²) >= 11 is 0. The first-order chi connectivity index (χ1) is 17.1. The number of aromatic nitrogens is 1. The number of pyridine rings is 1. The van der Waals surface area contributed by atoms with E-state index < -0.39 is 6.04 Å². The van der Waals surface area contributed by atoms with Crippen molar-refractivity contribution in [3.63, 3.8) is 0 Å². The van der Waals surface area contributed by atoms with E-state index in [9.17, 15) is 14.7 Å². The summed E-state index contributed by atoms with van der Waals surface area (Å²) in [5.74, 6) is 0.0769. The molecular formula is C28H27N3O4. The van der Waals surface area contributed by atoms with Crippen molar-refractivity contribution in [3.05, 3.63) is 96.1 Å². The summed E-state index contributed by atoms with van der Waals surface area (Å²) in [4.78, 5) is 33.5. The van der Waals surface area contributed by atoms with Crippen LogP contribution in [-0.2, 0) is 11.3 Å². The van der Waals surface area contributed by atoms with E-state index in [-0.39, 0.29) is 30.2 Å². The van der Waals surface area contributed by atoms with Crippen LogP contribution in [0.1, 0.15) is 53.4 Å². The van der Waals surface area contributed by atoms with Crippen molar-refractivity contribution in [2.24, 2.45) is 0 Å². The Balaban J connectivity index is 1.58. The first kappa shape index (κ1) is 22.7. The highest BCUT2D eigenvalue weighted by molar-refractivity contribution is 5.98. The third-order valence-corrected chi connectivity index (χ3v) is 6.49. The van der Waals surface area contributed by atoms with Crippen LogP contribution in [0.4, 0.5) is 0 Å². The second-order valence-corrected chi connectivity index (χ2v) is 8.91. The smallest absolute Gasteiger partial charge is 0.255 e. The molecule has 1 atom stereocenters. The number of hydrogen-bond donors (Lipinski definition) is 2. The molecule has 2 aromatic heterocycles. The van der Waals surface area contributed by atoms with Crippen molar-refractivity contribution in [1.29, 1.82) is 0 Å². The molecule has 0 bridgehead atoms. The van der Waals surface area contributed by atoms with Crippen molar-refractivity contribution < 1.29 is 19.1 Å². The quantitative estimate of drug-likeness (QED) is 0.398. The number of phenolic OH excluding ortho intramolecular Hbond substituents is 1. The number of hydrogen-bond acceptors (Lipinski definition) is 5. The van der Waals surface area contributed by atoms with Crippen molar-refractivity contribution in [2.45, 2.75) is 44.3 Å². The molecule has 1 saturated carbocycles. The molecule has 0 radical (unpaired) electrons. The molecule has 0 aliphatic heterocycles. The minimum atomic E-state index is -0.883. The van der Waals surface area contributed by atoms with Crippen LogP contribution in [0.5, 0.6) is 5.75 Å². The topological polar surface area (TPSA) is 95.7 Å². The Labute approximate surface area is 203 Å². The maximum atomic E-state index is 13.8. The van der Waals surface area contributed by atoms with Crippen LogP contribution in [-0.4, -0.2) is 32.8 Å². The van der Waals surface area contributed by atoms with Gasteiger partial charge in [-0.2, -0.15) is 0 Å². The number of aromatic hydroxyl groups is 1. The zero-order valence-corrected chi connectivity index (χ0v) is 19.3. The Morgan fingerprint density at radius 2 is 1.86 bits per heavy atom. The Hall–Kier alpha value is -4.13. The maximum Gasteiger partial charge on any atom is 0.255 e. The Morgan fingerprint density at radius 3 is 2.60 bits per heavy atom. The van der Waals surface area contributed by atoms with Crippen LogP contribution in [0.15, 0.2) is 83.6 Å². The highest BCUT2D eigenvalue weighted by atomic mass is 16.3. The second kappa shape index (κ2) is 10.0. The van der Waals surface area contributed by atoms with E-state index in [1.165, 1.54) is 17.0 Å². The second-order valence-electron chi connectivity index (χ2n) is 8.91. The van der Waals surface area contributed by atoms with Gasteiger partial charge >= 0.3 is 0 Å². The average molecular weight is 470 g/mol. The molecule has 7 heteroatoms. The van der Waals surface area contributed by atoms with Gasteiger partial charge in [-0.25, -0.2) is 0 Å². The Bertz CT molecular complexity index is 1310. The van der Waals surface area contributed by atoms with Gasteiger partial charge in [0.1, 0.15) is 17.6 Å². The molecule has 0 saturated heterocycles. The monoisotopic (exact) mass is 469 g/mol. The fourth-order valence-electron chi connectivity index (χ4n) is 4.71. The molecule has 0 spiro atoms. The number of carbonyl (C=O) groups is 2. The van der Waals surface area contributed by atoms with E-state index in [0.717, 1.165) is 36.6 Å². The van der Waals surface area contributed by atoms with Gasteiger partial charge in [0, 0.05) is 23.2 Å². The van der Waals surface area contributed by atoms with Crippen LogP contribution in [0.2, 0.25) is 0 Å². The molecule has 1 aliphatic carbocycles. The summed E-state index contributed by atoms with van der Waals surface area (Å²) in [6.45, 7) is 0.112.